The standard InChI is InChI=1S/C17H28N2O2/c1-5-7-13(3)18-17(20)14(4)19-15-8-10-16(11-9-15)21-12-6-2/h8-11,13-14,19H,5-7,12H2,1-4H3,(H,18,20). The summed E-state index contributed by atoms with van der Waals surface area (Å²) in [4.78, 5) is 12.0. The van der Waals surface area contributed by atoms with Crippen LogP contribution in [0.25, 0.3) is 0 Å². The predicted octanol–water partition coefficient (Wildman–Crippen LogP) is 3.58. The highest BCUT2D eigenvalue weighted by Crippen LogP contribution is 2.16. The van der Waals surface area contributed by atoms with Crippen LogP contribution >= 0.6 is 0 Å². The van der Waals surface area contributed by atoms with Crippen molar-refractivity contribution in [1.82, 2.24) is 5.32 Å². The van der Waals surface area contributed by atoms with Crippen molar-refractivity contribution in [3.8, 4) is 5.75 Å². The maximum absolute atomic E-state index is 12.0. The lowest BCUT2D eigenvalue weighted by Crippen LogP contribution is -2.42. The van der Waals surface area contributed by atoms with Crippen molar-refractivity contribution in [2.24, 2.45) is 0 Å². The number of benzene rings is 1. The minimum absolute atomic E-state index is 0.0299. The topological polar surface area (TPSA) is 50.4 Å². The normalized spacial score (nSPS) is 13.3. The maximum Gasteiger partial charge on any atom is 0.242 e. The van der Waals surface area contributed by atoms with Crippen molar-refractivity contribution in [3.05, 3.63) is 24.3 Å². The molecule has 2 N–H and O–H groups in total. The predicted molar refractivity (Wildman–Crippen MR) is 87.8 cm³/mol. The molecule has 0 bridgehead atoms. The fourth-order valence-electron chi connectivity index (χ4n) is 2.06. The Morgan fingerprint density at radius 2 is 1.81 bits per heavy atom. The number of amides is 1. The Balaban J connectivity index is 2.46. The third-order valence-electron chi connectivity index (χ3n) is 3.21. The van der Waals surface area contributed by atoms with E-state index in [9.17, 15) is 4.79 Å². The molecule has 0 aromatic heterocycles. The summed E-state index contributed by atoms with van der Waals surface area (Å²) in [5.41, 5.74) is 0.921. The molecule has 0 fully saturated rings. The van der Waals surface area contributed by atoms with Gasteiger partial charge in [-0.2, -0.15) is 0 Å². The zero-order valence-corrected chi connectivity index (χ0v) is 13.6. The van der Waals surface area contributed by atoms with Crippen LogP contribution in [0.2, 0.25) is 0 Å². The second-order valence-corrected chi connectivity index (χ2v) is 5.44. The first-order valence-corrected chi connectivity index (χ1v) is 7.86. The van der Waals surface area contributed by atoms with Crippen LogP contribution in [0.1, 0.15) is 47.0 Å². The molecule has 1 aromatic rings. The van der Waals surface area contributed by atoms with E-state index in [4.69, 9.17) is 4.74 Å². The molecule has 0 saturated heterocycles. The second-order valence-electron chi connectivity index (χ2n) is 5.44. The van der Waals surface area contributed by atoms with E-state index in [1.807, 2.05) is 38.1 Å². The Hall–Kier alpha value is -1.71. The zero-order valence-electron chi connectivity index (χ0n) is 13.6. The summed E-state index contributed by atoms with van der Waals surface area (Å²) < 4.78 is 5.54. The Morgan fingerprint density at radius 1 is 1.14 bits per heavy atom. The van der Waals surface area contributed by atoms with Gasteiger partial charge in [-0.05, 0) is 51.0 Å². The van der Waals surface area contributed by atoms with E-state index in [1.165, 1.54) is 0 Å². The van der Waals surface area contributed by atoms with Crippen LogP contribution < -0.4 is 15.4 Å². The van der Waals surface area contributed by atoms with Gasteiger partial charge < -0.3 is 15.4 Å². The Bertz CT molecular complexity index is 417. The van der Waals surface area contributed by atoms with Crippen molar-refractivity contribution in [3.63, 3.8) is 0 Å². The van der Waals surface area contributed by atoms with Gasteiger partial charge in [0.15, 0.2) is 0 Å². The molecule has 0 radical (unpaired) electrons. The highest BCUT2D eigenvalue weighted by molar-refractivity contribution is 5.84. The number of hydrogen-bond donors (Lipinski definition) is 2. The molecule has 1 amide bonds. The molecule has 21 heavy (non-hydrogen) atoms. The highest BCUT2D eigenvalue weighted by atomic mass is 16.5. The number of hydrogen-bond acceptors (Lipinski definition) is 3. The van der Waals surface area contributed by atoms with E-state index in [2.05, 4.69) is 24.5 Å². The van der Waals surface area contributed by atoms with E-state index in [-0.39, 0.29) is 18.0 Å². The fraction of sp³-hybridized carbons (Fsp3) is 0.588. The Kier molecular flexibility index (Phi) is 7.65. The highest BCUT2D eigenvalue weighted by Gasteiger charge is 2.14. The van der Waals surface area contributed by atoms with Gasteiger partial charge in [-0.15, -0.1) is 0 Å². The van der Waals surface area contributed by atoms with E-state index < -0.39 is 0 Å². The van der Waals surface area contributed by atoms with E-state index in [0.717, 1.165) is 37.3 Å². The molecule has 2 unspecified atom stereocenters. The molecular weight excluding hydrogens is 264 g/mol. The summed E-state index contributed by atoms with van der Waals surface area (Å²) in [6.07, 6.45) is 3.07. The average molecular weight is 292 g/mol. The molecule has 4 nitrogen and oxygen atoms in total. The molecule has 118 valence electrons. The number of ether oxygens (including phenoxy) is 1. The number of anilines is 1. The van der Waals surface area contributed by atoms with E-state index >= 15 is 0 Å². The number of rotatable bonds is 9. The molecule has 4 heteroatoms. The number of carbonyl (C=O) groups is 1. The van der Waals surface area contributed by atoms with Crippen molar-refractivity contribution in [2.75, 3.05) is 11.9 Å². The Labute approximate surface area is 128 Å². The lowest BCUT2D eigenvalue weighted by Gasteiger charge is -2.19. The first kappa shape index (κ1) is 17.3. The smallest absolute Gasteiger partial charge is 0.242 e. The van der Waals surface area contributed by atoms with E-state index in [0.29, 0.717) is 0 Å². The van der Waals surface area contributed by atoms with Gasteiger partial charge in [-0.3, -0.25) is 4.79 Å². The minimum Gasteiger partial charge on any atom is -0.494 e. The van der Waals surface area contributed by atoms with Gasteiger partial charge in [0.2, 0.25) is 5.91 Å². The first-order chi connectivity index (χ1) is 10.1. The largest absolute Gasteiger partial charge is 0.494 e. The first-order valence-electron chi connectivity index (χ1n) is 7.86. The van der Waals surface area contributed by atoms with Crippen LogP contribution in [-0.2, 0) is 4.79 Å². The van der Waals surface area contributed by atoms with Gasteiger partial charge in [0.05, 0.1) is 6.61 Å². The summed E-state index contributed by atoms with van der Waals surface area (Å²) in [6.45, 7) is 8.83. The zero-order chi connectivity index (χ0) is 15.7. The lowest BCUT2D eigenvalue weighted by atomic mass is 10.2. The van der Waals surface area contributed by atoms with Crippen molar-refractivity contribution >= 4 is 11.6 Å². The maximum atomic E-state index is 12.0. The van der Waals surface area contributed by atoms with Crippen LogP contribution in [-0.4, -0.2) is 24.6 Å². The average Bonchev–Trinajstić information content (AvgIpc) is 2.46. The summed E-state index contributed by atoms with van der Waals surface area (Å²) >= 11 is 0. The van der Waals surface area contributed by atoms with Gasteiger partial charge in [0, 0.05) is 11.7 Å². The third kappa shape index (κ3) is 6.52. The van der Waals surface area contributed by atoms with Crippen LogP contribution in [0, 0.1) is 0 Å². The molecule has 0 heterocycles. The van der Waals surface area contributed by atoms with Gasteiger partial charge in [-0.25, -0.2) is 0 Å². The fourth-order valence-corrected chi connectivity index (χ4v) is 2.06. The second kappa shape index (κ2) is 9.27. The number of nitrogens with one attached hydrogen (secondary N) is 2. The van der Waals surface area contributed by atoms with Crippen LogP contribution in [0.15, 0.2) is 24.3 Å². The quantitative estimate of drug-likeness (QED) is 0.731. The van der Waals surface area contributed by atoms with Gasteiger partial charge in [0.25, 0.3) is 0 Å². The molecule has 1 rings (SSSR count). The van der Waals surface area contributed by atoms with Crippen molar-refractivity contribution in [1.29, 1.82) is 0 Å². The minimum atomic E-state index is -0.258. The van der Waals surface area contributed by atoms with Crippen LogP contribution in [0.3, 0.4) is 0 Å². The molecule has 0 aliphatic rings. The van der Waals surface area contributed by atoms with Crippen LogP contribution in [0.5, 0.6) is 5.75 Å². The number of carbonyl (C=O) groups excluding carboxylic acids is 1. The van der Waals surface area contributed by atoms with E-state index in [1.54, 1.807) is 0 Å². The van der Waals surface area contributed by atoms with Crippen molar-refractivity contribution in [2.45, 2.75) is 59.0 Å². The van der Waals surface area contributed by atoms with Gasteiger partial charge in [0.1, 0.15) is 11.8 Å². The molecule has 2 atom stereocenters. The molecule has 0 aliphatic carbocycles. The molecule has 1 aromatic carbocycles. The Morgan fingerprint density at radius 3 is 2.38 bits per heavy atom. The lowest BCUT2D eigenvalue weighted by molar-refractivity contribution is -0.122. The molecule has 0 aliphatic heterocycles. The SMILES string of the molecule is CCCOc1ccc(NC(C)C(=O)NC(C)CCC)cc1. The van der Waals surface area contributed by atoms with Crippen molar-refractivity contribution < 1.29 is 9.53 Å². The van der Waals surface area contributed by atoms with Crippen LogP contribution in [0.4, 0.5) is 5.69 Å². The monoisotopic (exact) mass is 292 g/mol. The molecule has 0 spiro atoms. The summed E-state index contributed by atoms with van der Waals surface area (Å²) in [6, 6.07) is 7.67. The third-order valence-corrected chi connectivity index (χ3v) is 3.21. The van der Waals surface area contributed by atoms with Gasteiger partial charge >= 0.3 is 0 Å². The van der Waals surface area contributed by atoms with Gasteiger partial charge in [-0.1, -0.05) is 20.3 Å². The summed E-state index contributed by atoms with van der Waals surface area (Å²) in [5, 5.41) is 6.22. The summed E-state index contributed by atoms with van der Waals surface area (Å²) in [5.74, 6) is 0.887. The molecular formula is C17H28N2O2. The molecule has 0 saturated carbocycles. The summed E-state index contributed by atoms with van der Waals surface area (Å²) in [7, 11) is 0.